The molecule has 0 aliphatic heterocycles. The summed E-state index contributed by atoms with van der Waals surface area (Å²) in [4.78, 5) is 22.7. The van der Waals surface area contributed by atoms with Crippen LogP contribution in [0.4, 0.5) is 0 Å². The van der Waals surface area contributed by atoms with Gasteiger partial charge >= 0.3 is 5.97 Å². The van der Waals surface area contributed by atoms with Crippen LogP contribution in [0.2, 0.25) is 0 Å². The highest BCUT2D eigenvalue weighted by Gasteiger charge is 2.25. The number of esters is 1. The molecule has 0 saturated heterocycles. The SMILES string of the molecule is CCC/C=C/C/C=C/CCC(O)C(=O)OC(CC(=O)[O-])C[N+](C)(C)C. The summed E-state index contributed by atoms with van der Waals surface area (Å²) in [6.45, 7) is 2.45. The van der Waals surface area contributed by atoms with Crippen molar-refractivity contribution in [1.82, 2.24) is 0 Å². The highest BCUT2D eigenvalue weighted by molar-refractivity contribution is 5.75. The van der Waals surface area contributed by atoms with Crippen molar-refractivity contribution in [2.24, 2.45) is 0 Å². The number of aliphatic hydroxyl groups excluding tert-OH is 1. The zero-order valence-electron chi connectivity index (χ0n) is 15.9. The van der Waals surface area contributed by atoms with E-state index in [2.05, 4.69) is 19.1 Å². The number of carboxylic acids is 1. The van der Waals surface area contributed by atoms with Gasteiger partial charge in [0.15, 0.2) is 12.2 Å². The summed E-state index contributed by atoms with van der Waals surface area (Å²) in [6.07, 6.45) is 9.49. The van der Waals surface area contributed by atoms with Crippen molar-refractivity contribution < 1.29 is 29.0 Å². The number of nitrogens with zero attached hydrogens (tertiary/aromatic N) is 1. The van der Waals surface area contributed by atoms with E-state index in [9.17, 15) is 19.8 Å². The van der Waals surface area contributed by atoms with Crippen LogP contribution in [-0.4, -0.2) is 61.4 Å². The molecule has 0 radical (unpaired) electrons. The number of aliphatic carboxylic acids is 1. The second kappa shape index (κ2) is 12.7. The summed E-state index contributed by atoms with van der Waals surface area (Å²) in [5, 5.41) is 20.7. The van der Waals surface area contributed by atoms with Gasteiger partial charge in [0.05, 0.1) is 21.1 Å². The predicted molar refractivity (Wildman–Crippen MR) is 95.4 cm³/mol. The molecule has 25 heavy (non-hydrogen) atoms. The number of likely N-dealkylation sites (N-methyl/N-ethyl adjacent to an activating group) is 1. The largest absolute Gasteiger partial charge is 0.550 e. The molecule has 0 aromatic heterocycles. The molecule has 0 heterocycles. The first-order valence-corrected chi connectivity index (χ1v) is 8.84. The van der Waals surface area contributed by atoms with Gasteiger partial charge in [-0.15, -0.1) is 0 Å². The molecule has 0 aliphatic carbocycles. The maximum atomic E-state index is 11.9. The van der Waals surface area contributed by atoms with Crippen LogP contribution in [0.5, 0.6) is 0 Å². The molecule has 1 N–H and O–H groups in total. The highest BCUT2D eigenvalue weighted by Crippen LogP contribution is 2.09. The van der Waals surface area contributed by atoms with Gasteiger partial charge in [-0.1, -0.05) is 37.6 Å². The molecule has 0 aromatic rings. The van der Waals surface area contributed by atoms with Gasteiger partial charge in [-0.05, 0) is 25.7 Å². The second-order valence-corrected chi connectivity index (χ2v) is 7.17. The third-order valence-electron chi connectivity index (χ3n) is 3.37. The van der Waals surface area contributed by atoms with Crippen molar-refractivity contribution in [1.29, 1.82) is 0 Å². The van der Waals surface area contributed by atoms with Crippen LogP contribution in [0.25, 0.3) is 0 Å². The summed E-state index contributed by atoms with van der Waals surface area (Å²) >= 11 is 0. The topological polar surface area (TPSA) is 86.7 Å². The Bertz CT molecular complexity index is 451. The minimum atomic E-state index is -1.28. The predicted octanol–water partition coefficient (Wildman–Crippen LogP) is 1.19. The van der Waals surface area contributed by atoms with Crippen molar-refractivity contribution >= 4 is 11.9 Å². The van der Waals surface area contributed by atoms with Crippen LogP contribution >= 0.6 is 0 Å². The number of allylic oxidation sites excluding steroid dienone is 4. The van der Waals surface area contributed by atoms with Crippen LogP contribution < -0.4 is 5.11 Å². The first kappa shape index (κ1) is 23.3. The lowest BCUT2D eigenvalue weighted by Crippen LogP contribution is -2.46. The first-order valence-electron chi connectivity index (χ1n) is 8.84. The third-order valence-corrected chi connectivity index (χ3v) is 3.37. The van der Waals surface area contributed by atoms with E-state index in [0.29, 0.717) is 17.4 Å². The van der Waals surface area contributed by atoms with E-state index in [4.69, 9.17) is 4.74 Å². The first-order chi connectivity index (χ1) is 11.7. The van der Waals surface area contributed by atoms with E-state index in [1.807, 2.05) is 33.3 Å². The fourth-order valence-electron chi connectivity index (χ4n) is 2.23. The minimum Gasteiger partial charge on any atom is -0.550 e. The molecule has 0 saturated carbocycles. The molecule has 0 fully saturated rings. The number of hydrogen-bond donors (Lipinski definition) is 1. The van der Waals surface area contributed by atoms with Gasteiger partial charge in [0, 0.05) is 12.4 Å². The van der Waals surface area contributed by atoms with E-state index in [-0.39, 0.29) is 12.8 Å². The Hall–Kier alpha value is -1.66. The Morgan fingerprint density at radius 3 is 2.24 bits per heavy atom. The molecule has 6 nitrogen and oxygen atoms in total. The van der Waals surface area contributed by atoms with Gasteiger partial charge in [0.25, 0.3) is 0 Å². The monoisotopic (exact) mass is 355 g/mol. The number of hydrogen-bond acceptors (Lipinski definition) is 5. The molecule has 0 amide bonds. The van der Waals surface area contributed by atoms with Gasteiger partial charge in [0.1, 0.15) is 6.54 Å². The Kier molecular flexibility index (Phi) is 11.8. The summed E-state index contributed by atoms with van der Waals surface area (Å²) < 4.78 is 5.60. The quantitative estimate of drug-likeness (QED) is 0.305. The van der Waals surface area contributed by atoms with Crippen LogP contribution in [0.1, 0.15) is 45.4 Å². The summed E-state index contributed by atoms with van der Waals surface area (Å²) in [5.74, 6) is -2.06. The van der Waals surface area contributed by atoms with Gasteiger partial charge in [-0.2, -0.15) is 0 Å². The summed E-state index contributed by atoms with van der Waals surface area (Å²) in [6, 6.07) is 0. The number of carbonyl (C=O) groups is 2. The Morgan fingerprint density at radius 2 is 1.72 bits per heavy atom. The van der Waals surface area contributed by atoms with Gasteiger partial charge in [-0.3, -0.25) is 0 Å². The number of aliphatic hydroxyl groups is 1. The van der Waals surface area contributed by atoms with Crippen molar-refractivity contribution in [2.75, 3.05) is 27.7 Å². The molecule has 0 aromatic carbocycles. The number of carboxylic acid groups (broad SMARTS) is 1. The van der Waals surface area contributed by atoms with Gasteiger partial charge in [-0.25, -0.2) is 4.79 Å². The third kappa shape index (κ3) is 14.4. The van der Waals surface area contributed by atoms with E-state index in [1.165, 1.54) is 0 Å². The summed E-state index contributed by atoms with van der Waals surface area (Å²) in [7, 11) is 5.60. The van der Waals surface area contributed by atoms with Crippen molar-refractivity contribution in [3.05, 3.63) is 24.3 Å². The van der Waals surface area contributed by atoms with Crippen LogP contribution in [-0.2, 0) is 14.3 Å². The molecule has 0 bridgehead atoms. The van der Waals surface area contributed by atoms with E-state index in [1.54, 1.807) is 0 Å². The molecule has 2 atom stereocenters. The lowest BCUT2D eigenvalue weighted by molar-refractivity contribution is -0.873. The van der Waals surface area contributed by atoms with E-state index < -0.39 is 24.1 Å². The molecular formula is C19H33NO5. The lowest BCUT2D eigenvalue weighted by atomic mass is 10.1. The van der Waals surface area contributed by atoms with Crippen LogP contribution in [0, 0.1) is 0 Å². The normalized spacial score (nSPS) is 14.8. The van der Waals surface area contributed by atoms with Gasteiger partial charge < -0.3 is 24.2 Å². The number of unbranched alkanes of at least 4 members (excludes halogenated alkanes) is 1. The minimum absolute atomic E-state index is 0.246. The van der Waals surface area contributed by atoms with Crippen LogP contribution in [0.3, 0.4) is 0 Å². The van der Waals surface area contributed by atoms with E-state index in [0.717, 1.165) is 19.3 Å². The molecular weight excluding hydrogens is 322 g/mol. The molecule has 0 rings (SSSR count). The fourth-order valence-corrected chi connectivity index (χ4v) is 2.23. The molecule has 0 aliphatic rings. The maximum Gasteiger partial charge on any atom is 0.335 e. The van der Waals surface area contributed by atoms with Crippen molar-refractivity contribution in [3.8, 4) is 0 Å². The second-order valence-electron chi connectivity index (χ2n) is 7.17. The zero-order chi connectivity index (χ0) is 19.3. The maximum absolute atomic E-state index is 11.9. The fraction of sp³-hybridized carbons (Fsp3) is 0.684. The zero-order valence-corrected chi connectivity index (χ0v) is 15.9. The van der Waals surface area contributed by atoms with Crippen LogP contribution in [0.15, 0.2) is 24.3 Å². The number of ether oxygens (including phenoxy) is 1. The Morgan fingerprint density at radius 1 is 1.12 bits per heavy atom. The van der Waals surface area contributed by atoms with Gasteiger partial charge in [0.2, 0.25) is 0 Å². The molecule has 2 unspecified atom stereocenters. The molecule has 0 spiro atoms. The average molecular weight is 355 g/mol. The Labute approximate surface area is 151 Å². The van der Waals surface area contributed by atoms with Crippen molar-refractivity contribution in [3.63, 3.8) is 0 Å². The van der Waals surface area contributed by atoms with E-state index >= 15 is 0 Å². The average Bonchev–Trinajstić information content (AvgIpc) is 2.47. The number of quaternary nitrogens is 1. The molecule has 6 heteroatoms. The number of carbonyl (C=O) groups excluding carboxylic acids is 2. The lowest BCUT2D eigenvalue weighted by Gasteiger charge is -2.29. The smallest absolute Gasteiger partial charge is 0.335 e. The Balaban J connectivity index is 4.27. The summed E-state index contributed by atoms with van der Waals surface area (Å²) in [5.41, 5.74) is 0. The van der Waals surface area contributed by atoms with Crippen molar-refractivity contribution in [2.45, 2.75) is 57.7 Å². The molecule has 144 valence electrons. The standard InChI is InChI=1S/C19H33NO5/c1-5-6-7-8-9-10-11-12-13-17(21)19(24)25-16(14-18(22)23)15-20(2,3)4/h7-8,10-11,16-17,21H,5-6,9,12-15H2,1-4H3/b8-7+,11-10+. The highest BCUT2D eigenvalue weighted by atomic mass is 16.6. The number of rotatable bonds is 13.